The summed E-state index contributed by atoms with van der Waals surface area (Å²) < 4.78 is 2.43. The Hall–Kier alpha value is -3.65. The van der Waals surface area contributed by atoms with Crippen LogP contribution in [-0.4, -0.2) is 9.55 Å². The predicted molar refractivity (Wildman–Crippen MR) is 149 cm³/mol. The highest BCUT2D eigenvalue weighted by atomic mass is 15.1. The molecule has 2 heteroatoms. The highest BCUT2D eigenvalue weighted by Gasteiger charge is 2.24. The van der Waals surface area contributed by atoms with E-state index in [0.29, 0.717) is 11.8 Å². The molecule has 5 rings (SSSR count). The third kappa shape index (κ3) is 4.30. The minimum Gasteiger partial charge on any atom is -0.292 e. The van der Waals surface area contributed by atoms with Crippen molar-refractivity contribution >= 4 is 11.0 Å². The van der Waals surface area contributed by atoms with E-state index in [1.165, 1.54) is 27.9 Å². The summed E-state index contributed by atoms with van der Waals surface area (Å²) in [5.41, 5.74) is 9.99. The third-order valence-corrected chi connectivity index (χ3v) is 7.38. The van der Waals surface area contributed by atoms with E-state index < -0.39 is 0 Å². The van der Waals surface area contributed by atoms with Crippen LogP contribution in [0.4, 0.5) is 0 Å². The molecule has 2 unspecified atom stereocenters. The quantitative estimate of drug-likeness (QED) is 0.237. The largest absolute Gasteiger partial charge is 0.292 e. The van der Waals surface area contributed by atoms with Crippen LogP contribution in [0.15, 0.2) is 97.1 Å². The second-order valence-corrected chi connectivity index (χ2v) is 9.61. The molecule has 0 N–H and O–H groups in total. The van der Waals surface area contributed by atoms with Crippen LogP contribution in [0, 0.1) is 0 Å². The number of fused-ring (bicyclic) bond motifs is 1. The third-order valence-electron chi connectivity index (χ3n) is 7.38. The lowest BCUT2D eigenvalue weighted by atomic mass is 9.85. The molecule has 0 saturated carbocycles. The minimum absolute atomic E-state index is 0.418. The van der Waals surface area contributed by atoms with E-state index in [2.05, 4.69) is 129 Å². The molecule has 0 aliphatic heterocycles. The zero-order valence-corrected chi connectivity index (χ0v) is 21.2. The fourth-order valence-electron chi connectivity index (χ4n) is 4.96. The molecule has 0 saturated heterocycles. The Morgan fingerprint density at radius 2 is 1.14 bits per heavy atom. The van der Waals surface area contributed by atoms with Crippen LogP contribution in [-0.2, 0) is 0 Å². The number of aromatic nitrogens is 2. The second-order valence-electron chi connectivity index (χ2n) is 9.61. The molecule has 2 atom stereocenters. The van der Waals surface area contributed by atoms with Gasteiger partial charge < -0.3 is 0 Å². The standard InChI is InChI=1S/C33H34N2/c1-5-23(3)28-21-27(25-15-9-7-10-16-25)22-29(24(4)6-2)32(28)35-31-20-14-13-19-30(31)34-33(35)26-17-11-8-12-18-26/h7-24H,5-6H2,1-4H3. The second kappa shape index (κ2) is 9.92. The molecular weight excluding hydrogens is 424 g/mol. The highest BCUT2D eigenvalue weighted by Crippen LogP contribution is 2.41. The smallest absolute Gasteiger partial charge is 0.145 e. The molecule has 4 aromatic carbocycles. The number of imidazole rings is 1. The van der Waals surface area contributed by atoms with Gasteiger partial charge in [-0.25, -0.2) is 4.98 Å². The Bertz CT molecular complexity index is 1400. The molecular formula is C33H34N2. The van der Waals surface area contributed by atoms with Crippen LogP contribution in [0.25, 0.3) is 39.2 Å². The Morgan fingerprint density at radius 1 is 0.629 bits per heavy atom. The fraction of sp³-hybridized carbons (Fsp3) is 0.242. The maximum Gasteiger partial charge on any atom is 0.145 e. The van der Waals surface area contributed by atoms with Gasteiger partial charge in [0.25, 0.3) is 0 Å². The lowest BCUT2D eigenvalue weighted by molar-refractivity contribution is 0.702. The number of nitrogens with zero attached hydrogens (tertiary/aromatic N) is 2. The van der Waals surface area contributed by atoms with E-state index in [4.69, 9.17) is 4.98 Å². The normalized spacial score (nSPS) is 13.1. The summed E-state index contributed by atoms with van der Waals surface area (Å²) in [6, 6.07) is 34.8. The van der Waals surface area contributed by atoms with Gasteiger partial charge in [0, 0.05) is 5.56 Å². The van der Waals surface area contributed by atoms with Crippen LogP contribution < -0.4 is 0 Å². The van der Waals surface area contributed by atoms with Crippen LogP contribution in [0.2, 0.25) is 0 Å². The summed E-state index contributed by atoms with van der Waals surface area (Å²) in [6.07, 6.45) is 2.16. The van der Waals surface area contributed by atoms with Crippen molar-refractivity contribution in [1.82, 2.24) is 9.55 Å². The van der Waals surface area contributed by atoms with Crippen molar-refractivity contribution in [3.63, 3.8) is 0 Å². The number of para-hydroxylation sites is 2. The Balaban J connectivity index is 1.90. The summed E-state index contributed by atoms with van der Waals surface area (Å²) >= 11 is 0. The average molecular weight is 459 g/mol. The maximum atomic E-state index is 5.16. The molecule has 0 spiro atoms. The van der Waals surface area contributed by atoms with Gasteiger partial charge in [0.15, 0.2) is 0 Å². The summed E-state index contributed by atoms with van der Waals surface area (Å²) in [4.78, 5) is 5.16. The molecule has 1 heterocycles. The van der Waals surface area contributed by atoms with Crippen molar-refractivity contribution < 1.29 is 0 Å². The predicted octanol–water partition coefficient (Wildman–Crippen LogP) is 9.39. The fourth-order valence-corrected chi connectivity index (χ4v) is 4.96. The number of hydrogen-bond donors (Lipinski definition) is 0. The van der Waals surface area contributed by atoms with Crippen LogP contribution >= 0.6 is 0 Å². The van der Waals surface area contributed by atoms with E-state index in [1.807, 2.05) is 0 Å². The van der Waals surface area contributed by atoms with Gasteiger partial charge in [-0.2, -0.15) is 0 Å². The van der Waals surface area contributed by atoms with Crippen molar-refractivity contribution in [3.05, 3.63) is 108 Å². The molecule has 35 heavy (non-hydrogen) atoms. The number of hydrogen-bond acceptors (Lipinski definition) is 1. The number of benzene rings is 4. The zero-order chi connectivity index (χ0) is 24.4. The lowest BCUT2D eigenvalue weighted by Crippen LogP contribution is -2.11. The van der Waals surface area contributed by atoms with E-state index in [-0.39, 0.29) is 0 Å². The molecule has 0 amide bonds. The van der Waals surface area contributed by atoms with E-state index in [1.54, 1.807) is 0 Å². The van der Waals surface area contributed by atoms with E-state index in [9.17, 15) is 0 Å². The Labute approximate surface area is 209 Å². The first-order valence-corrected chi connectivity index (χ1v) is 12.9. The molecule has 5 aromatic rings. The molecule has 0 fully saturated rings. The summed E-state index contributed by atoms with van der Waals surface area (Å²) in [6.45, 7) is 9.29. The molecule has 0 bridgehead atoms. The molecule has 1 aromatic heterocycles. The average Bonchev–Trinajstić information content (AvgIpc) is 3.31. The minimum atomic E-state index is 0.418. The molecule has 0 aliphatic rings. The number of rotatable bonds is 7. The van der Waals surface area contributed by atoms with E-state index >= 15 is 0 Å². The van der Waals surface area contributed by atoms with Crippen molar-refractivity contribution in [2.45, 2.75) is 52.4 Å². The topological polar surface area (TPSA) is 17.8 Å². The molecule has 0 aliphatic carbocycles. The van der Waals surface area contributed by atoms with Gasteiger partial charge in [-0.1, -0.05) is 100 Å². The summed E-state index contributed by atoms with van der Waals surface area (Å²) in [5.74, 6) is 1.84. The first-order chi connectivity index (χ1) is 17.1. The highest BCUT2D eigenvalue weighted by molar-refractivity contribution is 5.85. The first-order valence-electron chi connectivity index (χ1n) is 12.9. The Morgan fingerprint density at radius 3 is 1.71 bits per heavy atom. The van der Waals surface area contributed by atoms with Crippen LogP contribution in [0.5, 0.6) is 0 Å². The molecule has 0 radical (unpaired) electrons. The Kier molecular flexibility index (Phi) is 6.55. The van der Waals surface area contributed by atoms with Gasteiger partial charge in [-0.15, -0.1) is 0 Å². The van der Waals surface area contributed by atoms with Gasteiger partial charge in [0.1, 0.15) is 5.82 Å². The van der Waals surface area contributed by atoms with E-state index in [0.717, 1.165) is 35.3 Å². The van der Waals surface area contributed by atoms with Crippen molar-refractivity contribution in [2.75, 3.05) is 0 Å². The van der Waals surface area contributed by atoms with Gasteiger partial charge in [-0.3, -0.25) is 4.57 Å². The van der Waals surface area contributed by atoms with Gasteiger partial charge in [-0.05, 0) is 71.2 Å². The van der Waals surface area contributed by atoms with Crippen LogP contribution in [0.3, 0.4) is 0 Å². The van der Waals surface area contributed by atoms with Gasteiger partial charge in [0.2, 0.25) is 0 Å². The SMILES string of the molecule is CCC(C)c1cc(-c2ccccc2)cc(C(C)CC)c1-n1c(-c2ccccc2)nc2ccccc21. The van der Waals surface area contributed by atoms with Crippen molar-refractivity contribution in [2.24, 2.45) is 0 Å². The van der Waals surface area contributed by atoms with Gasteiger partial charge >= 0.3 is 0 Å². The maximum absolute atomic E-state index is 5.16. The molecule has 2 nitrogen and oxygen atoms in total. The van der Waals surface area contributed by atoms with Gasteiger partial charge in [0.05, 0.1) is 16.7 Å². The zero-order valence-electron chi connectivity index (χ0n) is 21.2. The summed E-state index contributed by atoms with van der Waals surface area (Å²) in [7, 11) is 0. The molecule has 176 valence electrons. The first kappa shape index (κ1) is 23.1. The van der Waals surface area contributed by atoms with Crippen LogP contribution in [0.1, 0.15) is 63.5 Å². The van der Waals surface area contributed by atoms with Crippen molar-refractivity contribution in [1.29, 1.82) is 0 Å². The summed E-state index contributed by atoms with van der Waals surface area (Å²) in [5, 5.41) is 0. The lowest BCUT2D eigenvalue weighted by Gasteiger charge is -2.26. The van der Waals surface area contributed by atoms with Crippen molar-refractivity contribution in [3.8, 4) is 28.2 Å². The monoisotopic (exact) mass is 458 g/mol.